The summed E-state index contributed by atoms with van der Waals surface area (Å²) in [5, 5.41) is 11.0. The van der Waals surface area contributed by atoms with Crippen LogP contribution in [0.5, 0.6) is 0 Å². The average molecular weight is 465 g/mol. The van der Waals surface area contributed by atoms with Crippen molar-refractivity contribution in [3.05, 3.63) is 84.1 Å². The maximum absolute atomic E-state index is 13.6. The summed E-state index contributed by atoms with van der Waals surface area (Å²) < 4.78 is 25.6. The molecule has 10 heteroatoms. The summed E-state index contributed by atoms with van der Waals surface area (Å²) in [6.45, 7) is 0.349. The third-order valence-electron chi connectivity index (χ3n) is 5.32. The molecule has 0 unspecified atom stereocenters. The molecule has 0 fully saturated rings. The Labute approximate surface area is 195 Å². The van der Waals surface area contributed by atoms with Gasteiger partial charge in [0.25, 0.3) is 0 Å². The van der Waals surface area contributed by atoms with Crippen LogP contribution < -0.4 is 5.32 Å². The number of furan rings is 1. The largest absolute Gasteiger partial charge is 0.467 e. The van der Waals surface area contributed by atoms with Crippen molar-refractivity contribution in [2.75, 3.05) is 20.3 Å². The van der Waals surface area contributed by atoms with Crippen LogP contribution in [-0.4, -0.2) is 52.0 Å². The number of fused-ring (bicyclic) bond motifs is 1. The van der Waals surface area contributed by atoms with Crippen LogP contribution in [0.4, 0.5) is 4.39 Å². The van der Waals surface area contributed by atoms with Gasteiger partial charge in [-0.05, 0) is 42.0 Å². The summed E-state index contributed by atoms with van der Waals surface area (Å²) in [6, 6.07) is 15.2. The van der Waals surface area contributed by atoms with E-state index in [9.17, 15) is 14.0 Å². The first-order valence-corrected chi connectivity index (χ1v) is 10.7. The predicted molar refractivity (Wildman–Crippen MR) is 121 cm³/mol. The molecule has 176 valence electrons. The van der Waals surface area contributed by atoms with E-state index < -0.39 is 17.8 Å². The molecule has 1 atom stereocenters. The molecular weight excluding hydrogens is 441 g/mol. The molecule has 4 rings (SSSR count). The molecule has 2 aromatic carbocycles. The molecule has 0 bridgehead atoms. The lowest BCUT2D eigenvalue weighted by Crippen LogP contribution is -2.46. The minimum Gasteiger partial charge on any atom is -0.467 e. The Bertz CT molecular complexity index is 1240. The fourth-order valence-electron chi connectivity index (χ4n) is 3.64. The SMILES string of the molecule is COCCN(C(=O)Cn1nnc2ccccc21)[C@H](C(=O)NCc1ccco1)c1ccc(F)cc1. The van der Waals surface area contributed by atoms with Crippen LogP contribution in [-0.2, 0) is 27.4 Å². The Kier molecular flexibility index (Phi) is 7.28. The number of amides is 2. The fourth-order valence-corrected chi connectivity index (χ4v) is 3.64. The number of ether oxygens (including phenoxy) is 1. The lowest BCUT2D eigenvalue weighted by atomic mass is 10.0. The van der Waals surface area contributed by atoms with Crippen LogP contribution in [0.1, 0.15) is 17.4 Å². The van der Waals surface area contributed by atoms with Crippen LogP contribution in [0.2, 0.25) is 0 Å². The molecule has 2 amide bonds. The van der Waals surface area contributed by atoms with E-state index in [2.05, 4.69) is 15.6 Å². The summed E-state index contributed by atoms with van der Waals surface area (Å²) in [6.07, 6.45) is 1.51. The summed E-state index contributed by atoms with van der Waals surface area (Å²) in [5.41, 5.74) is 1.82. The van der Waals surface area contributed by atoms with E-state index in [0.717, 1.165) is 0 Å². The molecule has 0 aliphatic heterocycles. The van der Waals surface area contributed by atoms with Gasteiger partial charge in [-0.15, -0.1) is 5.10 Å². The van der Waals surface area contributed by atoms with Crippen molar-refractivity contribution in [2.24, 2.45) is 0 Å². The topological polar surface area (TPSA) is 102 Å². The molecule has 34 heavy (non-hydrogen) atoms. The Morgan fingerprint density at radius 1 is 1.15 bits per heavy atom. The Morgan fingerprint density at radius 3 is 2.68 bits per heavy atom. The van der Waals surface area contributed by atoms with Gasteiger partial charge in [0.2, 0.25) is 11.8 Å². The molecule has 2 heterocycles. The van der Waals surface area contributed by atoms with Gasteiger partial charge in [-0.1, -0.05) is 29.5 Å². The standard InChI is InChI=1S/C24H24FN5O4/c1-33-14-12-29(22(31)16-30-21-7-3-2-6-20(21)27-28-30)23(17-8-10-18(25)11-9-17)24(32)26-15-19-5-4-13-34-19/h2-11,13,23H,12,14-16H2,1H3,(H,26,32)/t23-/m0/s1. The van der Waals surface area contributed by atoms with Crippen molar-refractivity contribution in [3.63, 3.8) is 0 Å². The van der Waals surface area contributed by atoms with Gasteiger partial charge in [0, 0.05) is 13.7 Å². The highest BCUT2D eigenvalue weighted by Crippen LogP contribution is 2.23. The highest BCUT2D eigenvalue weighted by Gasteiger charge is 2.32. The van der Waals surface area contributed by atoms with E-state index in [1.807, 2.05) is 18.2 Å². The van der Waals surface area contributed by atoms with Crippen molar-refractivity contribution in [2.45, 2.75) is 19.1 Å². The second kappa shape index (κ2) is 10.7. The van der Waals surface area contributed by atoms with Crippen molar-refractivity contribution < 1.29 is 23.1 Å². The molecule has 0 aliphatic rings. The first kappa shape index (κ1) is 23.1. The maximum atomic E-state index is 13.6. The van der Waals surface area contributed by atoms with E-state index in [1.165, 1.54) is 47.2 Å². The van der Waals surface area contributed by atoms with Gasteiger partial charge in [-0.2, -0.15) is 0 Å². The highest BCUT2D eigenvalue weighted by atomic mass is 19.1. The summed E-state index contributed by atoms with van der Waals surface area (Å²) in [4.78, 5) is 28.2. The third kappa shape index (κ3) is 5.29. The molecule has 2 aromatic heterocycles. The van der Waals surface area contributed by atoms with Crippen LogP contribution in [0, 0.1) is 5.82 Å². The maximum Gasteiger partial charge on any atom is 0.247 e. The number of methoxy groups -OCH3 is 1. The molecular formula is C24H24FN5O4. The smallest absolute Gasteiger partial charge is 0.247 e. The number of halogens is 1. The average Bonchev–Trinajstić information content (AvgIpc) is 3.51. The van der Waals surface area contributed by atoms with Crippen molar-refractivity contribution in [1.29, 1.82) is 0 Å². The Balaban J connectivity index is 1.63. The molecule has 9 nitrogen and oxygen atoms in total. The number of hydrogen-bond acceptors (Lipinski definition) is 6. The highest BCUT2D eigenvalue weighted by molar-refractivity contribution is 5.89. The van der Waals surface area contributed by atoms with E-state index >= 15 is 0 Å². The lowest BCUT2D eigenvalue weighted by Gasteiger charge is -2.31. The number of nitrogens with one attached hydrogen (secondary N) is 1. The number of hydrogen-bond donors (Lipinski definition) is 1. The fraction of sp³-hybridized carbons (Fsp3) is 0.250. The molecule has 4 aromatic rings. The zero-order chi connectivity index (χ0) is 23.9. The minimum atomic E-state index is -1.02. The van der Waals surface area contributed by atoms with Crippen LogP contribution in [0.25, 0.3) is 11.0 Å². The van der Waals surface area contributed by atoms with Gasteiger partial charge in [0.05, 0.1) is 24.9 Å². The lowest BCUT2D eigenvalue weighted by molar-refractivity contribution is -0.142. The first-order valence-electron chi connectivity index (χ1n) is 10.7. The number of para-hydroxylation sites is 1. The quantitative estimate of drug-likeness (QED) is 0.386. The minimum absolute atomic E-state index is 0.132. The molecule has 0 aliphatic carbocycles. The van der Waals surface area contributed by atoms with E-state index in [0.29, 0.717) is 22.4 Å². The van der Waals surface area contributed by atoms with Crippen molar-refractivity contribution in [3.8, 4) is 0 Å². The van der Waals surface area contributed by atoms with Gasteiger partial charge >= 0.3 is 0 Å². The normalized spacial score (nSPS) is 11.9. The molecule has 1 N–H and O–H groups in total. The second-order valence-corrected chi connectivity index (χ2v) is 7.57. The monoisotopic (exact) mass is 465 g/mol. The van der Waals surface area contributed by atoms with Crippen molar-refractivity contribution in [1.82, 2.24) is 25.2 Å². The van der Waals surface area contributed by atoms with Crippen LogP contribution in [0.15, 0.2) is 71.3 Å². The number of rotatable bonds is 10. The van der Waals surface area contributed by atoms with Crippen molar-refractivity contribution >= 4 is 22.8 Å². The van der Waals surface area contributed by atoms with Gasteiger partial charge in [0.15, 0.2) is 0 Å². The summed E-state index contributed by atoms with van der Waals surface area (Å²) in [7, 11) is 1.51. The zero-order valence-electron chi connectivity index (χ0n) is 18.6. The van der Waals surface area contributed by atoms with Crippen LogP contribution >= 0.6 is 0 Å². The van der Waals surface area contributed by atoms with Gasteiger partial charge in [0.1, 0.15) is 29.7 Å². The van der Waals surface area contributed by atoms with Crippen LogP contribution in [0.3, 0.4) is 0 Å². The Hall–Kier alpha value is -4.05. The number of carbonyl (C=O) groups is 2. The van der Waals surface area contributed by atoms with Gasteiger partial charge in [-0.25, -0.2) is 9.07 Å². The first-order chi connectivity index (χ1) is 16.6. The third-order valence-corrected chi connectivity index (χ3v) is 5.32. The summed E-state index contributed by atoms with van der Waals surface area (Å²) >= 11 is 0. The number of carbonyl (C=O) groups excluding carboxylic acids is 2. The molecule has 0 saturated carbocycles. The molecule has 0 spiro atoms. The number of nitrogens with zero attached hydrogens (tertiary/aromatic N) is 4. The van der Waals surface area contributed by atoms with Gasteiger partial charge in [-0.3, -0.25) is 9.59 Å². The van der Waals surface area contributed by atoms with E-state index in [1.54, 1.807) is 18.2 Å². The number of benzene rings is 2. The van der Waals surface area contributed by atoms with Gasteiger partial charge < -0.3 is 19.4 Å². The van der Waals surface area contributed by atoms with E-state index in [4.69, 9.17) is 9.15 Å². The Morgan fingerprint density at radius 2 is 1.94 bits per heavy atom. The summed E-state index contributed by atoms with van der Waals surface area (Å²) in [5.74, 6) is -0.677. The predicted octanol–water partition coefficient (Wildman–Crippen LogP) is 2.70. The second-order valence-electron chi connectivity index (χ2n) is 7.57. The number of aromatic nitrogens is 3. The molecule has 0 radical (unpaired) electrons. The zero-order valence-corrected chi connectivity index (χ0v) is 18.6. The van der Waals surface area contributed by atoms with E-state index in [-0.39, 0.29) is 32.1 Å². The molecule has 0 saturated heterocycles.